The van der Waals surface area contributed by atoms with Crippen LogP contribution in [0.1, 0.15) is 30.0 Å². The van der Waals surface area contributed by atoms with Gasteiger partial charge in [0.1, 0.15) is 0 Å². The lowest BCUT2D eigenvalue weighted by Crippen LogP contribution is -2.36. The van der Waals surface area contributed by atoms with E-state index in [4.69, 9.17) is 0 Å². The average Bonchev–Trinajstić information content (AvgIpc) is 3.27. The number of hydrogen-bond acceptors (Lipinski definition) is 4. The van der Waals surface area contributed by atoms with Crippen molar-refractivity contribution in [1.82, 2.24) is 9.31 Å². The summed E-state index contributed by atoms with van der Waals surface area (Å²) >= 11 is 0. The molecule has 2 aromatic carbocycles. The lowest BCUT2D eigenvalue weighted by molar-refractivity contribution is 0.444. The maximum Gasteiger partial charge on any atom is 0.243 e. The van der Waals surface area contributed by atoms with Gasteiger partial charge in [-0.1, -0.05) is 48.0 Å². The zero-order valence-electron chi connectivity index (χ0n) is 14.8. The SMILES string of the molecule is Cc1ccc(S(=O)(=O)N2CCCC2/C=N/N2CC2c2ccccc2)cc1. The molecule has 0 spiro atoms. The van der Waals surface area contributed by atoms with Crippen molar-refractivity contribution in [2.75, 3.05) is 13.1 Å². The largest absolute Gasteiger partial charge is 0.285 e. The highest BCUT2D eigenvalue weighted by atomic mass is 32.2. The van der Waals surface area contributed by atoms with Crippen LogP contribution < -0.4 is 0 Å². The maximum atomic E-state index is 13.0. The van der Waals surface area contributed by atoms with E-state index in [9.17, 15) is 8.42 Å². The van der Waals surface area contributed by atoms with Gasteiger partial charge >= 0.3 is 0 Å². The molecule has 2 saturated heterocycles. The normalized spacial score (nSPS) is 23.7. The fraction of sp³-hybridized carbons (Fsp3) is 0.350. The van der Waals surface area contributed by atoms with Crippen LogP contribution in [-0.4, -0.2) is 43.1 Å². The molecule has 2 atom stereocenters. The highest BCUT2D eigenvalue weighted by Crippen LogP contribution is 2.35. The molecule has 0 aromatic heterocycles. The molecule has 2 aliphatic rings. The second kappa shape index (κ2) is 6.85. The Morgan fingerprint density at radius 2 is 1.81 bits per heavy atom. The Morgan fingerprint density at radius 1 is 1.08 bits per heavy atom. The molecule has 6 heteroatoms. The first kappa shape index (κ1) is 17.2. The first-order valence-corrected chi connectivity index (χ1v) is 10.4. The molecule has 0 N–H and O–H groups in total. The van der Waals surface area contributed by atoms with Crippen molar-refractivity contribution >= 4 is 16.2 Å². The average molecular weight is 369 g/mol. The molecule has 2 heterocycles. The minimum Gasteiger partial charge on any atom is -0.285 e. The number of aryl methyl sites for hydroxylation is 1. The van der Waals surface area contributed by atoms with Crippen LogP contribution in [0.25, 0.3) is 0 Å². The Bertz CT molecular complexity index is 894. The van der Waals surface area contributed by atoms with Gasteiger partial charge in [0.05, 0.1) is 23.5 Å². The van der Waals surface area contributed by atoms with Crippen LogP contribution in [0.2, 0.25) is 0 Å². The van der Waals surface area contributed by atoms with Crippen LogP contribution in [0.3, 0.4) is 0 Å². The number of hydrogen-bond donors (Lipinski definition) is 0. The Hall–Kier alpha value is -2.18. The summed E-state index contributed by atoms with van der Waals surface area (Å²) in [7, 11) is -3.47. The van der Waals surface area contributed by atoms with Crippen molar-refractivity contribution in [3.63, 3.8) is 0 Å². The minimum atomic E-state index is -3.47. The third kappa shape index (κ3) is 3.39. The molecule has 0 saturated carbocycles. The Morgan fingerprint density at radius 3 is 2.54 bits per heavy atom. The fourth-order valence-corrected chi connectivity index (χ4v) is 5.07. The Balaban J connectivity index is 1.46. The number of nitrogens with zero attached hydrogens (tertiary/aromatic N) is 3. The molecule has 2 aliphatic heterocycles. The third-order valence-electron chi connectivity index (χ3n) is 5.03. The highest BCUT2D eigenvalue weighted by molar-refractivity contribution is 7.89. The topological polar surface area (TPSA) is 52.8 Å². The minimum absolute atomic E-state index is 0.168. The highest BCUT2D eigenvalue weighted by Gasteiger charge is 2.37. The summed E-state index contributed by atoms with van der Waals surface area (Å²) in [5.41, 5.74) is 2.30. The van der Waals surface area contributed by atoms with Crippen molar-refractivity contribution in [2.24, 2.45) is 5.10 Å². The summed E-state index contributed by atoms with van der Waals surface area (Å²) in [5, 5.41) is 6.55. The van der Waals surface area contributed by atoms with Gasteiger partial charge in [0.25, 0.3) is 0 Å². The Labute approximate surface area is 155 Å². The lowest BCUT2D eigenvalue weighted by Gasteiger charge is -2.21. The molecule has 0 radical (unpaired) electrons. The summed E-state index contributed by atoms with van der Waals surface area (Å²) in [6, 6.07) is 17.5. The monoisotopic (exact) mass is 369 g/mol. The molecule has 2 unspecified atom stereocenters. The van der Waals surface area contributed by atoms with Gasteiger partial charge in [-0.3, -0.25) is 5.01 Å². The first-order valence-electron chi connectivity index (χ1n) is 9.00. The van der Waals surface area contributed by atoms with Crippen LogP contribution in [0.4, 0.5) is 0 Å². The predicted octanol–water partition coefficient (Wildman–Crippen LogP) is 3.19. The molecular formula is C20H23N3O2S. The van der Waals surface area contributed by atoms with Crippen LogP contribution in [0.5, 0.6) is 0 Å². The summed E-state index contributed by atoms with van der Waals surface area (Å²) in [5.74, 6) is 0. The zero-order chi connectivity index (χ0) is 18.1. The van der Waals surface area contributed by atoms with Gasteiger partial charge in [0.2, 0.25) is 10.0 Å². The number of hydrazone groups is 1. The van der Waals surface area contributed by atoms with Gasteiger partial charge in [-0.25, -0.2) is 8.42 Å². The van der Waals surface area contributed by atoms with Gasteiger partial charge in [0, 0.05) is 12.8 Å². The summed E-state index contributed by atoms with van der Waals surface area (Å²) in [4.78, 5) is 0.359. The summed E-state index contributed by atoms with van der Waals surface area (Å²) in [6.07, 6.45) is 3.49. The molecule has 136 valence electrons. The molecule has 0 amide bonds. The van der Waals surface area contributed by atoms with Crippen molar-refractivity contribution in [2.45, 2.75) is 36.7 Å². The molecule has 0 aliphatic carbocycles. The lowest BCUT2D eigenvalue weighted by atomic mass is 10.2. The molecule has 4 rings (SSSR count). The quantitative estimate of drug-likeness (QED) is 0.601. The van der Waals surface area contributed by atoms with Crippen LogP contribution in [-0.2, 0) is 10.0 Å². The molecular weight excluding hydrogens is 346 g/mol. The second-order valence-electron chi connectivity index (χ2n) is 6.95. The van der Waals surface area contributed by atoms with E-state index in [1.807, 2.05) is 48.5 Å². The Kier molecular flexibility index (Phi) is 4.54. The smallest absolute Gasteiger partial charge is 0.243 e. The van der Waals surface area contributed by atoms with Gasteiger partial charge in [-0.2, -0.15) is 9.41 Å². The van der Waals surface area contributed by atoms with Gasteiger partial charge < -0.3 is 0 Å². The van der Waals surface area contributed by atoms with Crippen molar-refractivity contribution in [3.05, 3.63) is 65.7 Å². The first-order chi connectivity index (χ1) is 12.6. The van der Waals surface area contributed by atoms with Gasteiger partial charge in [-0.05, 0) is 37.5 Å². The maximum absolute atomic E-state index is 13.0. The van der Waals surface area contributed by atoms with E-state index in [1.54, 1.807) is 16.4 Å². The number of sulfonamides is 1. The van der Waals surface area contributed by atoms with Crippen LogP contribution in [0.15, 0.2) is 64.6 Å². The van der Waals surface area contributed by atoms with E-state index in [-0.39, 0.29) is 6.04 Å². The van der Waals surface area contributed by atoms with E-state index in [0.717, 1.165) is 24.9 Å². The third-order valence-corrected chi connectivity index (χ3v) is 6.97. The second-order valence-corrected chi connectivity index (χ2v) is 8.84. The van der Waals surface area contributed by atoms with Crippen LogP contribution >= 0.6 is 0 Å². The molecule has 5 nitrogen and oxygen atoms in total. The number of benzene rings is 2. The number of rotatable bonds is 5. The van der Waals surface area contributed by atoms with E-state index < -0.39 is 10.0 Å². The van der Waals surface area contributed by atoms with Crippen LogP contribution in [0, 0.1) is 6.92 Å². The summed E-state index contributed by atoms with van der Waals surface area (Å²) in [6.45, 7) is 3.39. The van der Waals surface area contributed by atoms with Crippen molar-refractivity contribution in [3.8, 4) is 0 Å². The van der Waals surface area contributed by atoms with Crippen molar-refractivity contribution < 1.29 is 8.42 Å². The van der Waals surface area contributed by atoms with Gasteiger partial charge in [0.15, 0.2) is 0 Å². The molecule has 2 aromatic rings. The van der Waals surface area contributed by atoms with E-state index in [1.165, 1.54) is 5.56 Å². The summed E-state index contributed by atoms with van der Waals surface area (Å²) < 4.78 is 27.5. The molecule has 2 fully saturated rings. The molecule has 26 heavy (non-hydrogen) atoms. The molecule has 0 bridgehead atoms. The van der Waals surface area contributed by atoms with E-state index in [0.29, 0.717) is 17.5 Å². The van der Waals surface area contributed by atoms with Gasteiger partial charge in [-0.15, -0.1) is 0 Å². The zero-order valence-corrected chi connectivity index (χ0v) is 15.6. The fourth-order valence-electron chi connectivity index (χ4n) is 3.43. The van der Waals surface area contributed by atoms with E-state index in [2.05, 4.69) is 17.2 Å². The van der Waals surface area contributed by atoms with Crippen molar-refractivity contribution in [1.29, 1.82) is 0 Å². The predicted molar refractivity (Wildman–Crippen MR) is 102 cm³/mol. The standard InChI is InChI=1S/C20H23N3O2S/c1-16-9-11-19(12-10-16)26(24,25)23-13-5-8-18(23)14-21-22-15-20(22)17-6-3-2-4-7-17/h2-4,6-7,9-12,14,18,20H,5,8,13,15H2,1H3/b21-14+. The van der Waals surface area contributed by atoms with E-state index >= 15 is 0 Å².